The number of hydrogen-bond acceptors (Lipinski definition) is 4. The largest absolute Gasteiger partial charge is 0.396 e. The second-order valence-electron chi connectivity index (χ2n) is 6.10. The van der Waals surface area contributed by atoms with Gasteiger partial charge in [-0.3, -0.25) is 0 Å². The number of rotatable bonds is 6. The summed E-state index contributed by atoms with van der Waals surface area (Å²) >= 11 is 0. The smallest absolute Gasteiger partial charge is 0.175 e. The molecule has 1 aromatic rings. The van der Waals surface area contributed by atoms with Gasteiger partial charge in [0.2, 0.25) is 0 Å². The van der Waals surface area contributed by atoms with Gasteiger partial charge in [-0.25, -0.2) is 8.42 Å². The lowest BCUT2D eigenvalue weighted by Gasteiger charge is -2.21. The Morgan fingerprint density at radius 2 is 1.86 bits per heavy atom. The summed E-state index contributed by atoms with van der Waals surface area (Å²) in [6, 6.07) is 7.24. The Hall–Kier alpha value is -0.910. The molecule has 0 radical (unpaired) electrons. The molecule has 1 saturated carbocycles. The fourth-order valence-electron chi connectivity index (χ4n) is 3.07. The van der Waals surface area contributed by atoms with Crippen LogP contribution in [0.4, 0.5) is 0 Å². The van der Waals surface area contributed by atoms with E-state index in [4.69, 9.17) is 0 Å². The molecule has 21 heavy (non-hydrogen) atoms. The maximum absolute atomic E-state index is 11.4. The van der Waals surface area contributed by atoms with Gasteiger partial charge in [-0.1, -0.05) is 18.6 Å². The van der Waals surface area contributed by atoms with Crippen LogP contribution in [0.5, 0.6) is 0 Å². The number of aliphatic hydroxyl groups excluding tert-OH is 1. The maximum Gasteiger partial charge on any atom is 0.175 e. The van der Waals surface area contributed by atoms with Crippen molar-refractivity contribution in [1.29, 1.82) is 0 Å². The van der Waals surface area contributed by atoms with Gasteiger partial charge in [0.05, 0.1) is 4.90 Å². The molecule has 1 fully saturated rings. The van der Waals surface area contributed by atoms with E-state index < -0.39 is 9.84 Å². The molecule has 0 spiro atoms. The van der Waals surface area contributed by atoms with E-state index in [-0.39, 0.29) is 12.6 Å². The number of sulfone groups is 1. The molecule has 0 aromatic heterocycles. The van der Waals surface area contributed by atoms with Crippen molar-refractivity contribution in [2.45, 2.75) is 37.1 Å². The second-order valence-corrected chi connectivity index (χ2v) is 8.12. The fraction of sp³-hybridized carbons (Fsp3) is 0.625. The van der Waals surface area contributed by atoms with Gasteiger partial charge < -0.3 is 10.4 Å². The van der Waals surface area contributed by atoms with E-state index in [0.717, 1.165) is 18.5 Å². The van der Waals surface area contributed by atoms with Crippen molar-refractivity contribution in [3.05, 3.63) is 29.8 Å². The highest BCUT2D eigenvalue weighted by Crippen LogP contribution is 2.31. The first-order valence-corrected chi connectivity index (χ1v) is 9.45. The molecule has 0 aliphatic heterocycles. The van der Waals surface area contributed by atoms with Crippen molar-refractivity contribution in [2.24, 2.45) is 11.8 Å². The van der Waals surface area contributed by atoms with Gasteiger partial charge >= 0.3 is 0 Å². The van der Waals surface area contributed by atoms with Crippen LogP contribution in [0.3, 0.4) is 0 Å². The van der Waals surface area contributed by atoms with Gasteiger partial charge in [0, 0.05) is 18.9 Å². The first-order valence-electron chi connectivity index (χ1n) is 7.56. The van der Waals surface area contributed by atoms with Gasteiger partial charge in [-0.15, -0.1) is 0 Å². The zero-order valence-corrected chi connectivity index (χ0v) is 13.6. The number of nitrogens with one attached hydrogen (secondary N) is 1. The van der Waals surface area contributed by atoms with Crippen molar-refractivity contribution >= 4 is 9.84 Å². The van der Waals surface area contributed by atoms with Crippen LogP contribution in [-0.4, -0.2) is 32.9 Å². The number of benzene rings is 1. The number of hydrogen-bond donors (Lipinski definition) is 2. The Labute approximate surface area is 127 Å². The van der Waals surface area contributed by atoms with Crippen LogP contribution >= 0.6 is 0 Å². The van der Waals surface area contributed by atoms with Crippen molar-refractivity contribution in [1.82, 2.24) is 5.32 Å². The first kappa shape index (κ1) is 16.5. The zero-order chi connectivity index (χ0) is 15.5. The molecule has 1 aliphatic rings. The highest BCUT2D eigenvalue weighted by molar-refractivity contribution is 7.90. The quantitative estimate of drug-likeness (QED) is 0.845. The summed E-state index contributed by atoms with van der Waals surface area (Å²) in [5.74, 6) is 0.977. The summed E-state index contributed by atoms with van der Waals surface area (Å²) in [6.45, 7) is 3.27. The van der Waals surface area contributed by atoms with Crippen LogP contribution in [0.2, 0.25) is 0 Å². The Bertz CT molecular complexity index is 553. The van der Waals surface area contributed by atoms with E-state index in [1.165, 1.54) is 19.1 Å². The highest BCUT2D eigenvalue weighted by Gasteiger charge is 2.26. The Kier molecular flexibility index (Phi) is 5.41. The summed E-state index contributed by atoms with van der Waals surface area (Å²) in [6.07, 6.45) is 4.73. The minimum absolute atomic E-state index is 0.179. The molecule has 118 valence electrons. The van der Waals surface area contributed by atoms with Crippen molar-refractivity contribution < 1.29 is 13.5 Å². The van der Waals surface area contributed by atoms with Crippen LogP contribution in [0, 0.1) is 11.8 Å². The molecule has 3 atom stereocenters. The molecular weight excluding hydrogens is 286 g/mol. The van der Waals surface area contributed by atoms with E-state index in [0.29, 0.717) is 16.7 Å². The van der Waals surface area contributed by atoms with Crippen LogP contribution in [0.15, 0.2) is 29.2 Å². The SMILES string of the molecule is CC(NCC1CCCC1CO)c1ccc(S(C)(=O)=O)cc1. The van der Waals surface area contributed by atoms with Gasteiger partial charge in [-0.2, -0.15) is 0 Å². The van der Waals surface area contributed by atoms with E-state index in [9.17, 15) is 13.5 Å². The van der Waals surface area contributed by atoms with Crippen molar-refractivity contribution in [2.75, 3.05) is 19.4 Å². The Balaban J connectivity index is 1.93. The van der Waals surface area contributed by atoms with Gasteiger partial charge in [-0.05, 0) is 55.8 Å². The van der Waals surface area contributed by atoms with Crippen LogP contribution in [0.1, 0.15) is 37.8 Å². The molecule has 1 aromatic carbocycles. The molecular formula is C16H25NO3S. The molecule has 0 amide bonds. The standard InChI is InChI=1S/C16H25NO3S/c1-12(17-10-14-4-3-5-15(14)11-18)13-6-8-16(9-7-13)21(2,19)20/h6-9,12,14-15,17-18H,3-5,10-11H2,1-2H3. The Morgan fingerprint density at radius 3 is 2.43 bits per heavy atom. The third-order valence-corrected chi connectivity index (χ3v) is 5.67. The van der Waals surface area contributed by atoms with Crippen molar-refractivity contribution in [3.63, 3.8) is 0 Å². The molecule has 3 unspecified atom stereocenters. The maximum atomic E-state index is 11.4. The summed E-state index contributed by atoms with van der Waals surface area (Å²) in [5.41, 5.74) is 1.08. The van der Waals surface area contributed by atoms with E-state index in [2.05, 4.69) is 12.2 Å². The molecule has 2 N–H and O–H groups in total. The summed E-state index contributed by atoms with van der Waals surface area (Å²) < 4.78 is 22.9. The molecule has 1 aliphatic carbocycles. The predicted octanol–water partition coefficient (Wildman–Crippen LogP) is 2.15. The summed E-state index contributed by atoms with van der Waals surface area (Å²) in [5, 5.41) is 12.8. The molecule has 5 heteroatoms. The van der Waals surface area contributed by atoms with Crippen LogP contribution in [-0.2, 0) is 9.84 Å². The minimum Gasteiger partial charge on any atom is -0.396 e. The average molecular weight is 311 g/mol. The molecule has 0 bridgehead atoms. The second kappa shape index (κ2) is 6.90. The predicted molar refractivity (Wildman–Crippen MR) is 83.9 cm³/mol. The molecule has 0 heterocycles. The van der Waals surface area contributed by atoms with E-state index in [1.807, 2.05) is 12.1 Å². The third kappa shape index (κ3) is 4.28. The monoisotopic (exact) mass is 311 g/mol. The summed E-state index contributed by atoms with van der Waals surface area (Å²) in [4.78, 5) is 0.356. The normalized spacial score (nSPS) is 24.1. The van der Waals surface area contributed by atoms with Gasteiger partial charge in [0.25, 0.3) is 0 Å². The first-order chi connectivity index (χ1) is 9.91. The van der Waals surface area contributed by atoms with Crippen molar-refractivity contribution in [3.8, 4) is 0 Å². The molecule has 4 nitrogen and oxygen atoms in total. The summed E-state index contributed by atoms with van der Waals surface area (Å²) in [7, 11) is -3.13. The molecule has 0 saturated heterocycles. The van der Waals surface area contributed by atoms with Gasteiger partial charge in [0.1, 0.15) is 0 Å². The van der Waals surface area contributed by atoms with Crippen LogP contribution in [0.25, 0.3) is 0 Å². The van der Waals surface area contributed by atoms with Gasteiger partial charge in [0.15, 0.2) is 9.84 Å². The number of aliphatic hydroxyl groups is 1. The zero-order valence-electron chi connectivity index (χ0n) is 12.7. The third-order valence-electron chi connectivity index (χ3n) is 4.55. The Morgan fingerprint density at radius 1 is 1.24 bits per heavy atom. The minimum atomic E-state index is -3.13. The lowest BCUT2D eigenvalue weighted by Crippen LogP contribution is -2.28. The van der Waals surface area contributed by atoms with E-state index >= 15 is 0 Å². The van der Waals surface area contributed by atoms with E-state index in [1.54, 1.807) is 12.1 Å². The lowest BCUT2D eigenvalue weighted by molar-refractivity contribution is 0.190. The lowest BCUT2D eigenvalue weighted by atomic mass is 9.96. The fourth-order valence-corrected chi connectivity index (χ4v) is 3.70. The van der Waals surface area contributed by atoms with Crippen LogP contribution < -0.4 is 5.32 Å². The highest BCUT2D eigenvalue weighted by atomic mass is 32.2. The average Bonchev–Trinajstić information content (AvgIpc) is 2.91. The topological polar surface area (TPSA) is 66.4 Å². The molecule has 2 rings (SSSR count).